The van der Waals surface area contributed by atoms with Gasteiger partial charge in [0, 0.05) is 11.3 Å². The lowest BCUT2D eigenvalue weighted by molar-refractivity contribution is 0.417. The van der Waals surface area contributed by atoms with Crippen LogP contribution in [-0.4, -0.2) is 24.7 Å². The van der Waals surface area contributed by atoms with Gasteiger partial charge in [0.25, 0.3) is 0 Å². The summed E-state index contributed by atoms with van der Waals surface area (Å²) in [4.78, 5) is 0. The second-order valence-electron chi connectivity index (χ2n) is 4.73. The van der Waals surface area contributed by atoms with Gasteiger partial charge < -0.3 is 15.8 Å². The summed E-state index contributed by atoms with van der Waals surface area (Å²) in [6.45, 7) is 0. The molecule has 1 fully saturated rings. The van der Waals surface area contributed by atoms with Crippen molar-refractivity contribution in [1.29, 1.82) is 0 Å². The maximum Gasteiger partial charge on any atom is 0.143 e. The maximum absolute atomic E-state index is 6.10. The van der Waals surface area contributed by atoms with Crippen LogP contribution < -0.4 is 15.8 Å². The fraction of sp³-hybridized carbons (Fsp3) is 0.571. The summed E-state index contributed by atoms with van der Waals surface area (Å²) in [7, 11) is 1.65. The van der Waals surface area contributed by atoms with Gasteiger partial charge in [-0.05, 0) is 31.2 Å². The number of hydrogen-bond donors (Lipinski definition) is 2. The first-order valence-electron chi connectivity index (χ1n) is 6.48. The van der Waals surface area contributed by atoms with Gasteiger partial charge in [-0.3, -0.25) is 0 Å². The zero-order chi connectivity index (χ0) is 13.0. The van der Waals surface area contributed by atoms with E-state index in [1.807, 2.05) is 30.0 Å². The Hall–Kier alpha value is -1.03. The SMILES string of the molecule is COc1cccc(NC2CCCCC2SC)c1N. The monoisotopic (exact) mass is 266 g/mol. The number of nitrogens with one attached hydrogen (secondary N) is 1. The van der Waals surface area contributed by atoms with Crippen molar-refractivity contribution in [3.05, 3.63) is 18.2 Å². The molecule has 0 amide bonds. The van der Waals surface area contributed by atoms with Crippen molar-refractivity contribution in [2.75, 3.05) is 24.4 Å². The molecule has 0 spiro atoms. The van der Waals surface area contributed by atoms with Crippen LogP contribution in [0.2, 0.25) is 0 Å². The van der Waals surface area contributed by atoms with Crippen LogP contribution in [-0.2, 0) is 0 Å². The molecule has 1 aromatic carbocycles. The van der Waals surface area contributed by atoms with Gasteiger partial charge in [-0.2, -0.15) is 11.8 Å². The molecule has 4 heteroatoms. The van der Waals surface area contributed by atoms with Gasteiger partial charge in [0.1, 0.15) is 5.75 Å². The van der Waals surface area contributed by atoms with E-state index in [9.17, 15) is 0 Å². The van der Waals surface area contributed by atoms with Crippen molar-refractivity contribution in [3.63, 3.8) is 0 Å². The number of ether oxygens (including phenoxy) is 1. The molecule has 0 radical (unpaired) electrons. The topological polar surface area (TPSA) is 47.3 Å². The lowest BCUT2D eigenvalue weighted by Crippen LogP contribution is -2.34. The normalized spacial score (nSPS) is 23.7. The molecule has 0 aliphatic heterocycles. The second kappa shape index (κ2) is 6.23. The zero-order valence-electron chi connectivity index (χ0n) is 11.1. The highest BCUT2D eigenvalue weighted by molar-refractivity contribution is 7.99. The molecule has 0 aromatic heterocycles. The molecule has 1 saturated carbocycles. The number of benzene rings is 1. The van der Waals surface area contributed by atoms with Crippen molar-refractivity contribution in [2.24, 2.45) is 0 Å². The molecule has 2 unspecified atom stereocenters. The van der Waals surface area contributed by atoms with Gasteiger partial charge in [-0.15, -0.1) is 0 Å². The van der Waals surface area contributed by atoms with Gasteiger partial charge in [0.2, 0.25) is 0 Å². The fourth-order valence-corrected chi connectivity index (χ4v) is 3.53. The van der Waals surface area contributed by atoms with Gasteiger partial charge >= 0.3 is 0 Å². The Morgan fingerprint density at radius 3 is 2.83 bits per heavy atom. The predicted octanol–water partition coefficient (Wildman–Crippen LogP) is 3.36. The average Bonchev–Trinajstić information content (AvgIpc) is 2.42. The molecule has 1 aliphatic rings. The highest BCUT2D eigenvalue weighted by Gasteiger charge is 2.24. The van der Waals surface area contributed by atoms with E-state index in [0.717, 1.165) is 11.4 Å². The van der Waals surface area contributed by atoms with E-state index in [0.29, 0.717) is 17.0 Å². The molecule has 2 atom stereocenters. The summed E-state index contributed by atoms with van der Waals surface area (Å²) in [5, 5.41) is 4.28. The zero-order valence-corrected chi connectivity index (χ0v) is 11.9. The Balaban J connectivity index is 2.12. The minimum atomic E-state index is 0.517. The second-order valence-corrected chi connectivity index (χ2v) is 5.81. The van der Waals surface area contributed by atoms with E-state index in [1.165, 1.54) is 25.7 Å². The van der Waals surface area contributed by atoms with Crippen LogP contribution in [0, 0.1) is 0 Å². The molecule has 2 rings (SSSR count). The molecule has 0 heterocycles. The molecular formula is C14H22N2OS. The molecule has 100 valence electrons. The van der Waals surface area contributed by atoms with E-state index >= 15 is 0 Å². The predicted molar refractivity (Wildman–Crippen MR) is 80.6 cm³/mol. The van der Waals surface area contributed by atoms with Crippen molar-refractivity contribution < 1.29 is 4.74 Å². The standard InChI is InChI=1S/C14H22N2OS/c1-17-12-8-5-7-11(14(12)15)16-10-6-3-4-9-13(10)18-2/h5,7-8,10,13,16H,3-4,6,9,15H2,1-2H3. The molecular weight excluding hydrogens is 244 g/mol. The minimum absolute atomic E-state index is 0.517. The number of nitrogen functional groups attached to an aromatic ring is 1. The quantitative estimate of drug-likeness (QED) is 0.820. The molecule has 3 nitrogen and oxygen atoms in total. The van der Waals surface area contributed by atoms with E-state index in [1.54, 1.807) is 7.11 Å². The van der Waals surface area contributed by atoms with Crippen molar-refractivity contribution in [3.8, 4) is 5.75 Å². The van der Waals surface area contributed by atoms with Crippen LogP contribution in [0.5, 0.6) is 5.75 Å². The summed E-state index contributed by atoms with van der Waals surface area (Å²) in [6, 6.07) is 6.43. The van der Waals surface area contributed by atoms with Gasteiger partial charge in [0.05, 0.1) is 18.5 Å². The third-order valence-electron chi connectivity index (χ3n) is 3.63. The third kappa shape index (κ3) is 2.86. The highest BCUT2D eigenvalue weighted by Crippen LogP contribution is 2.34. The van der Waals surface area contributed by atoms with Crippen LogP contribution in [0.3, 0.4) is 0 Å². The van der Waals surface area contributed by atoms with E-state index in [4.69, 9.17) is 10.5 Å². The number of para-hydroxylation sites is 1. The van der Waals surface area contributed by atoms with Crippen molar-refractivity contribution in [2.45, 2.75) is 37.0 Å². The maximum atomic E-state index is 6.10. The van der Waals surface area contributed by atoms with Crippen molar-refractivity contribution >= 4 is 23.1 Å². The van der Waals surface area contributed by atoms with Gasteiger partial charge in [-0.1, -0.05) is 18.9 Å². The van der Waals surface area contributed by atoms with E-state index < -0.39 is 0 Å². The Morgan fingerprint density at radius 2 is 2.11 bits per heavy atom. The summed E-state index contributed by atoms with van der Waals surface area (Å²) in [5.41, 5.74) is 7.82. The molecule has 0 bridgehead atoms. The van der Waals surface area contributed by atoms with Crippen LogP contribution >= 0.6 is 11.8 Å². The average molecular weight is 266 g/mol. The number of thioether (sulfide) groups is 1. The summed E-state index contributed by atoms with van der Waals surface area (Å²) in [6.07, 6.45) is 7.36. The highest BCUT2D eigenvalue weighted by atomic mass is 32.2. The summed E-state index contributed by atoms with van der Waals surface area (Å²) < 4.78 is 5.26. The third-order valence-corrected chi connectivity index (χ3v) is 4.80. The molecule has 1 aliphatic carbocycles. The number of hydrogen-bond acceptors (Lipinski definition) is 4. The van der Waals surface area contributed by atoms with Crippen molar-refractivity contribution in [1.82, 2.24) is 0 Å². The van der Waals surface area contributed by atoms with Crippen LogP contribution in [0.4, 0.5) is 11.4 Å². The first-order valence-corrected chi connectivity index (χ1v) is 7.77. The fourth-order valence-electron chi connectivity index (χ4n) is 2.59. The number of anilines is 2. The molecule has 0 saturated heterocycles. The number of methoxy groups -OCH3 is 1. The number of rotatable bonds is 4. The van der Waals surface area contributed by atoms with Crippen LogP contribution in [0.1, 0.15) is 25.7 Å². The Kier molecular flexibility index (Phi) is 4.64. The summed E-state index contributed by atoms with van der Waals surface area (Å²) >= 11 is 1.95. The van der Waals surface area contributed by atoms with Gasteiger partial charge in [-0.25, -0.2) is 0 Å². The number of nitrogens with two attached hydrogens (primary N) is 1. The summed E-state index contributed by atoms with van der Waals surface area (Å²) in [5.74, 6) is 0.747. The first kappa shape index (κ1) is 13.4. The van der Waals surface area contributed by atoms with Gasteiger partial charge in [0.15, 0.2) is 0 Å². The largest absolute Gasteiger partial charge is 0.495 e. The van der Waals surface area contributed by atoms with Crippen LogP contribution in [0.25, 0.3) is 0 Å². The minimum Gasteiger partial charge on any atom is -0.495 e. The van der Waals surface area contributed by atoms with E-state index in [2.05, 4.69) is 11.6 Å². The molecule has 1 aromatic rings. The molecule has 18 heavy (non-hydrogen) atoms. The lowest BCUT2D eigenvalue weighted by atomic mass is 9.94. The Labute approximate surface area is 113 Å². The molecule has 3 N–H and O–H groups in total. The Morgan fingerprint density at radius 1 is 1.33 bits per heavy atom. The Bertz CT molecular complexity index is 397. The van der Waals surface area contributed by atoms with Crippen LogP contribution in [0.15, 0.2) is 18.2 Å². The smallest absolute Gasteiger partial charge is 0.143 e. The first-order chi connectivity index (χ1) is 8.76. The van der Waals surface area contributed by atoms with E-state index in [-0.39, 0.29) is 0 Å². The lowest BCUT2D eigenvalue weighted by Gasteiger charge is -2.32.